The van der Waals surface area contributed by atoms with E-state index in [0.29, 0.717) is 4.90 Å². The van der Waals surface area contributed by atoms with E-state index in [1.807, 2.05) is 0 Å². The first kappa shape index (κ1) is 14.6. The van der Waals surface area contributed by atoms with Crippen LogP contribution < -0.4 is 0 Å². The monoisotopic (exact) mass is 306 g/mol. The lowest BCUT2D eigenvalue weighted by Crippen LogP contribution is -2.65. The molecule has 8 heteroatoms. The third-order valence-corrected chi connectivity index (χ3v) is 4.51. The van der Waals surface area contributed by atoms with Crippen LogP contribution in [0, 0.1) is 11.8 Å². The van der Waals surface area contributed by atoms with Gasteiger partial charge in [-0.2, -0.15) is 13.2 Å². The zero-order valence-corrected chi connectivity index (χ0v) is 11.4. The Labute approximate surface area is 119 Å². The number of likely N-dealkylation sites (tertiary alicyclic amines) is 2. The van der Waals surface area contributed by atoms with Gasteiger partial charge < -0.3 is 14.9 Å². The second-order valence-corrected chi connectivity index (χ2v) is 6.36. The Morgan fingerprint density at radius 2 is 1.95 bits per heavy atom. The van der Waals surface area contributed by atoms with E-state index in [1.165, 1.54) is 4.90 Å². The topological polar surface area (TPSA) is 60.9 Å². The number of hydrogen-bond donors (Lipinski definition) is 1. The van der Waals surface area contributed by atoms with E-state index in [4.69, 9.17) is 0 Å². The minimum absolute atomic E-state index is 0.173. The average molecular weight is 306 g/mol. The van der Waals surface area contributed by atoms with Gasteiger partial charge in [-0.05, 0) is 18.8 Å². The van der Waals surface area contributed by atoms with Crippen LogP contribution in [0.3, 0.4) is 0 Å². The summed E-state index contributed by atoms with van der Waals surface area (Å²) < 4.78 is 37.0. The van der Waals surface area contributed by atoms with Gasteiger partial charge in [0, 0.05) is 13.0 Å². The van der Waals surface area contributed by atoms with Crippen molar-refractivity contribution >= 4 is 11.8 Å². The van der Waals surface area contributed by atoms with Gasteiger partial charge >= 0.3 is 6.18 Å². The molecule has 2 amide bonds. The minimum Gasteiger partial charge on any atom is -0.386 e. The number of hydrogen-bond acceptors (Lipinski definition) is 3. The number of nitrogens with zero attached hydrogens (tertiary/aromatic N) is 2. The van der Waals surface area contributed by atoms with E-state index >= 15 is 0 Å². The van der Waals surface area contributed by atoms with Gasteiger partial charge in [0.25, 0.3) is 0 Å². The van der Waals surface area contributed by atoms with Crippen LogP contribution in [-0.4, -0.2) is 64.7 Å². The Bertz CT molecular complexity index is 470. The van der Waals surface area contributed by atoms with Gasteiger partial charge in [0.1, 0.15) is 12.1 Å². The first-order valence-electron chi connectivity index (χ1n) is 7.04. The molecule has 0 aromatic carbocycles. The molecule has 0 radical (unpaired) electrons. The molecule has 3 rings (SSSR count). The molecule has 2 aliphatic heterocycles. The second-order valence-electron chi connectivity index (χ2n) is 6.36. The SMILES string of the molecule is O=C1C[C@H](C(=O)N2CC(O)(C3CC3)C2)CN1CC(F)(F)F. The first-order chi connectivity index (χ1) is 9.68. The number of aliphatic hydroxyl groups is 1. The summed E-state index contributed by atoms with van der Waals surface area (Å²) >= 11 is 0. The number of alkyl halides is 3. The molecule has 3 fully saturated rings. The summed E-state index contributed by atoms with van der Waals surface area (Å²) in [6.45, 7) is -1.02. The fourth-order valence-corrected chi connectivity index (χ4v) is 3.21. The number of β-amino-alcohol motifs (C(OH)–C–C–N with tert-alkyl or cyclic N) is 1. The van der Waals surface area contributed by atoms with Crippen LogP contribution in [0.5, 0.6) is 0 Å². The van der Waals surface area contributed by atoms with Crippen molar-refractivity contribution in [2.45, 2.75) is 31.0 Å². The lowest BCUT2D eigenvalue weighted by molar-refractivity contribution is -0.164. The minimum atomic E-state index is -4.45. The molecule has 1 aliphatic carbocycles. The van der Waals surface area contributed by atoms with Crippen molar-refractivity contribution in [1.82, 2.24) is 9.80 Å². The van der Waals surface area contributed by atoms with Crippen molar-refractivity contribution in [2.75, 3.05) is 26.2 Å². The molecule has 0 spiro atoms. The number of carbonyl (C=O) groups excluding carboxylic acids is 2. The lowest BCUT2D eigenvalue weighted by atomic mass is 9.87. The summed E-state index contributed by atoms with van der Waals surface area (Å²) in [7, 11) is 0. The standard InChI is InChI=1S/C13H17F3N2O3/c14-13(15,16)7-17-4-8(3-10(17)19)11(20)18-5-12(21,6-18)9-1-2-9/h8-9,21H,1-7H2/t8-/m0/s1. The highest BCUT2D eigenvalue weighted by molar-refractivity contribution is 5.89. The van der Waals surface area contributed by atoms with Crippen molar-refractivity contribution in [3.63, 3.8) is 0 Å². The Morgan fingerprint density at radius 1 is 1.33 bits per heavy atom. The molecule has 0 bridgehead atoms. The Morgan fingerprint density at radius 3 is 2.48 bits per heavy atom. The van der Waals surface area contributed by atoms with Crippen LogP contribution in [-0.2, 0) is 9.59 Å². The molecule has 0 unspecified atom stereocenters. The van der Waals surface area contributed by atoms with Crippen LogP contribution >= 0.6 is 0 Å². The molecule has 2 saturated heterocycles. The van der Waals surface area contributed by atoms with E-state index in [0.717, 1.165) is 12.8 Å². The molecule has 5 nitrogen and oxygen atoms in total. The van der Waals surface area contributed by atoms with Crippen LogP contribution in [0.15, 0.2) is 0 Å². The van der Waals surface area contributed by atoms with Crippen molar-refractivity contribution in [3.8, 4) is 0 Å². The predicted octanol–water partition coefficient (Wildman–Crippen LogP) is 0.380. The molecule has 0 aromatic heterocycles. The van der Waals surface area contributed by atoms with Crippen LogP contribution in [0.1, 0.15) is 19.3 Å². The molecule has 0 aromatic rings. The van der Waals surface area contributed by atoms with Crippen molar-refractivity contribution < 1.29 is 27.9 Å². The number of amides is 2. The van der Waals surface area contributed by atoms with Gasteiger partial charge in [0.05, 0.1) is 19.0 Å². The third kappa shape index (κ3) is 2.86. The molecule has 2 heterocycles. The van der Waals surface area contributed by atoms with Gasteiger partial charge in [0.15, 0.2) is 0 Å². The Hall–Kier alpha value is -1.31. The van der Waals surface area contributed by atoms with Crippen LogP contribution in [0.2, 0.25) is 0 Å². The molecule has 1 saturated carbocycles. The highest BCUT2D eigenvalue weighted by atomic mass is 19.4. The highest BCUT2D eigenvalue weighted by Gasteiger charge is 2.54. The largest absolute Gasteiger partial charge is 0.406 e. The number of carbonyl (C=O) groups is 2. The zero-order valence-electron chi connectivity index (χ0n) is 11.4. The van der Waals surface area contributed by atoms with E-state index in [9.17, 15) is 27.9 Å². The third-order valence-electron chi connectivity index (χ3n) is 4.51. The van der Waals surface area contributed by atoms with E-state index in [1.54, 1.807) is 0 Å². The van der Waals surface area contributed by atoms with Gasteiger partial charge in [-0.3, -0.25) is 9.59 Å². The van der Waals surface area contributed by atoms with E-state index in [2.05, 4.69) is 0 Å². The smallest absolute Gasteiger partial charge is 0.386 e. The molecule has 3 aliphatic rings. The van der Waals surface area contributed by atoms with E-state index in [-0.39, 0.29) is 37.9 Å². The van der Waals surface area contributed by atoms with Crippen molar-refractivity contribution in [2.24, 2.45) is 11.8 Å². The van der Waals surface area contributed by atoms with Crippen molar-refractivity contribution in [1.29, 1.82) is 0 Å². The molecule has 1 N–H and O–H groups in total. The summed E-state index contributed by atoms with van der Waals surface area (Å²) in [4.78, 5) is 25.9. The van der Waals surface area contributed by atoms with E-state index < -0.39 is 30.1 Å². The predicted molar refractivity (Wildman–Crippen MR) is 65.0 cm³/mol. The quantitative estimate of drug-likeness (QED) is 0.820. The Kier molecular flexibility index (Phi) is 3.20. The average Bonchev–Trinajstić information content (AvgIpc) is 3.10. The molecule has 118 valence electrons. The summed E-state index contributed by atoms with van der Waals surface area (Å²) in [5.74, 6) is -1.43. The molecular formula is C13H17F3N2O3. The van der Waals surface area contributed by atoms with Crippen molar-refractivity contribution in [3.05, 3.63) is 0 Å². The summed E-state index contributed by atoms with van der Waals surface area (Å²) in [6.07, 6.45) is -2.70. The summed E-state index contributed by atoms with van der Waals surface area (Å²) in [6, 6.07) is 0. The van der Waals surface area contributed by atoms with Gasteiger partial charge in [0.2, 0.25) is 11.8 Å². The van der Waals surface area contributed by atoms with Gasteiger partial charge in [-0.1, -0.05) is 0 Å². The fraction of sp³-hybridized carbons (Fsp3) is 0.846. The maximum absolute atomic E-state index is 12.3. The highest BCUT2D eigenvalue weighted by Crippen LogP contribution is 2.45. The molecular weight excluding hydrogens is 289 g/mol. The molecule has 1 atom stereocenters. The first-order valence-corrected chi connectivity index (χ1v) is 7.04. The summed E-state index contributed by atoms with van der Waals surface area (Å²) in [5.41, 5.74) is -0.816. The molecule has 21 heavy (non-hydrogen) atoms. The van der Waals surface area contributed by atoms with Crippen LogP contribution in [0.4, 0.5) is 13.2 Å². The fourth-order valence-electron chi connectivity index (χ4n) is 3.21. The van der Waals surface area contributed by atoms with Gasteiger partial charge in [-0.25, -0.2) is 0 Å². The normalized spacial score (nSPS) is 28.8. The van der Waals surface area contributed by atoms with Gasteiger partial charge in [-0.15, -0.1) is 0 Å². The zero-order chi connectivity index (χ0) is 15.4. The number of halogens is 3. The number of rotatable bonds is 3. The maximum atomic E-state index is 12.3. The maximum Gasteiger partial charge on any atom is 0.406 e. The summed E-state index contributed by atoms with van der Waals surface area (Å²) in [5, 5.41) is 10.1. The lowest BCUT2D eigenvalue weighted by Gasteiger charge is -2.47. The Balaban J connectivity index is 1.54. The van der Waals surface area contributed by atoms with Crippen LogP contribution in [0.25, 0.3) is 0 Å². The second kappa shape index (κ2) is 4.59.